The Labute approximate surface area is 235 Å². The second-order valence-electron chi connectivity index (χ2n) is 10.7. The molecule has 2 saturated heterocycles. The maximum Gasteiger partial charge on any atom is 0.416 e. The number of rotatable bonds is 6. The molecule has 2 aromatic rings. The first kappa shape index (κ1) is 31.3. The molecule has 2 aromatic carbocycles. The van der Waals surface area contributed by atoms with Crippen LogP contribution in [0.2, 0.25) is 0 Å². The maximum absolute atomic E-state index is 13.4. The zero-order valence-corrected chi connectivity index (χ0v) is 23.4. The molecule has 0 aliphatic carbocycles. The SMILES string of the molecule is C[C@@H](O[C@H]1CCN(C(=O)C2CCN(S(C)(=O)=O)CC2)C[C@H]1c1ccccc1)c1cc(C(F)(F)F)cc(C(F)(F)F)c1. The van der Waals surface area contributed by atoms with Crippen molar-refractivity contribution in [2.45, 2.75) is 56.7 Å². The summed E-state index contributed by atoms with van der Waals surface area (Å²) in [5.74, 6) is -0.815. The van der Waals surface area contributed by atoms with E-state index < -0.39 is 45.7 Å². The molecule has 1 amide bonds. The van der Waals surface area contributed by atoms with Gasteiger partial charge in [-0.2, -0.15) is 26.3 Å². The Balaban J connectivity index is 1.53. The van der Waals surface area contributed by atoms with E-state index in [9.17, 15) is 39.6 Å². The smallest absolute Gasteiger partial charge is 0.370 e. The predicted molar refractivity (Wildman–Crippen MR) is 139 cm³/mol. The van der Waals surface area contributed by atoms with Crippen molar-refractivity contribution in [2.75, 3.05) is 32.4 Å². The van der Waals surface area contributed by atoms with Crippen LogP contribution in [0, 0.1) is 5.92 Å². The molecule has 0 bridgehead atoms. The summed E-state index contributed by atoms with van der Waals surface area (Å²) in [4.78, 5) is 15.1. The van der Waals surface area contributed by atoms with Crippen LogP contribution in [0.15, 0.2) is 48.5 Å². The lowest BCUT2D eigenvalue weighted by Gasteiger charge is -2.42. The summed E-state index contributed by atoms with van der Waals surface area (Å²) in [7, 11) is -3.34. The van der Waals surface area contributed by atoms with Gasteiger partial charge in [0.25, 0.3) is 0 Å². The fourth-order valence-corrected chi connectivity index (χ4v) is 6.44. The van der Waals surface area contributed by atoms with Gasteiger partial charge in [0, 0.05) is 38.0 Å². The van der Waals surface area contributed by atoms with E-state index in [2.05, 4.69) is 0 Å². The topological polar surface area (TPSA) is 66.9 Å². The van der Waals surface area contributed by atoms with Crippen LogP contribution < -0.4 is 0 Å². The minimum atomic E-state index is -4.97. The molecule has 2 aliphatic heterocycles. The molecule has 0 unspecified atom stereocenters. The third-order valence-corrected chi connectivity index (χ3v) is 9.12. The van der Waals surface area contributed by atoms with E-state index in [0.29, 0.717) is 37.9 Å². The Kier molecular flexibility index (Phi) is 9.10. The number of hydrogen-bond acceptors (Lipinski definition) is 4. The number of amides is 1. The number of hydrogen-bond donors (Lipinski definition) is 0. The number of piperidine rings is 2. The van der Waals surface area contributed by atoms with Gasteiger partial charge >= 0.3 is 12.4 Å². The number of sulfonamides is 1. The zero-order valence-electron chi connectivity index (χ0n) is 22.6. The number of alkyl halides is 6. The van der Waals surface area contributed by atoms with Gasteiger partial charge in [0.2, 0.25) is 15.9 Å². The third-order valence-electron chi connectivity index (χ3n) is 7.82. The van der Waals surface area contributed by atoms with E-state index in [4.69, 9.17) is 4.74 Å². The largest absolute Gasteiger partial charge is 0.416 e. The Bertz CT molecular complexity index is 1290. The van der Waals surface area contributed by atoms with Crippen molar-refractivity contribution in [2.24, 2.45) is 5.92 Å². The van der Waals surface area contributed by atoms with Crippen molar-refractivity contribution in [1.29, 1.82) is 0 Å². The van der Waals surface area contributed by atoms with Gasteiger partial charge in [0.05, 0.1) is 29.6 Å². The molecule has 0 radical (unpaired) electrons. The second-order valence-corrected chi connectivity index (χ2v) is 12.7. The molecule has 41 heavy (non-hydrogen) atoms. The lowest BCUT2D eigenvalue weighted by molar-refractivity contribution is -0.143. The van der Waals surface area contributed by atoms with Crippen molar-refractivity contribution >= 4 is 15.9 Å². The van der Waals surface area contributed by atoms with Crippen molar-refractivity contribution in [3.05, 3.63) is 70.8 Å². The highest BCUT2D eigenvalue weighted by atomic mass is 32.2. The molecule has 226 valence electrons. The molecule has 6 nitrogen and oxygen atoms in total. The molecular weight excluding hydrogens is 574 g/mol. The van der Waals surface area contributed by atoms with E-state index >= 15 is 0 Å². The molecule has 2 aliphatic rings. The average Bonchev–Trinajstić information content (AvgIpc) is 2.91. The minimum absolute atomic E-state index is 0.0908. The molecule has 3 atom stereocenters. The molecule has 4 rings (SSSR count). The van der Waals surface area contributed by atoms with Crippen molar-refractivity contribution < 1.29 is 44.3 Å². The number of carbonyl (C=O) groups is 1. The highest BCUT2D eigenvalue weighted by molar-refractivity contribution is 7.88. The van der Waals surface area contributed by atoms with Crippen LogP contribution in [0.3, 0.4) is 0 Å². The van der Waals surface area contributed by atoms with Gasteiger partial charge < -0.3 is 9.64 Å². The number of halogens is 6. The highest BCUT2D eigenvalue weighted by Crippen LogP contribution is 2.40. The molecule has 2 heterocycles. The molecule has 0 aromatic heterocycles. The zero-order chi connectivity index (χ0) is 30.2. The van der Waals surface area contributed by atoms with Crippen molar-refractivity contribution in [1.82, 2.24) is 9.21 Å². The molecule has 0 N–H and O–H groups in total. The molecule has 0 spiro atoms. The summed E-state index contributed by atoms with van der Waals surface area (Å²) >= 11 is 0. The Hall–Kier alpha value is -2.64. The molecular formula is C28H32F6N2O4S. The molecule has 2 fully saturated rings. The first-order valence-corrected chi connectivity index (χ1v) is 15.1. The summed E-state index contributed by atoms with van der Waals surface area (Å²) in [6.07, 6.45) is -9.35. The number of likely N-dealkylation sites (tertiary alicyclic amines) is 1. The van der Waals surface area contributed by atoms with E-state index in [1.807, 2.05) is 18.2 Å². The van der Waals surface area contributed by atoms with E-state index in [1.54, 1.807) is 17.0 Å². The summed E-state index contributed by atoms with van der Waals surface area (Å²) in [6, 6.07) is 10.6. The normalized spacial score (nSPS) is 22.5. The number of carbonyl (C=O) groups excluding carboxylic acids is 1. The Morgan fingerprint density at radius 1 is 0.902 bits per heavy atom. The van der Waals surface area contributed by atoms with Gasteiger partial charge in [-0.05, 0) is 55.5 Å². The third kappa shape index (κ3) is 7.61. The lowest BCUT2D eigenvalue weighted by Crippen LogP contribution is -2.50. The monoisotopic (exact) mass is 606 g/mol. The van der Waals surface area contributed by atoms with Crippen molar-refractivity contribution in [3.63, 3.8) is 0 Å². The van der Waals surface area contributed by atoms with Gasteiger partial charge in [0.1, 0.15) is 0 Å². The lowest BCUT2D eigenvalue weighted by atomic mass is 9.86. The maximum atomic E-state index is 13.4. The fraction of sp³-hybridized carbons (Fsp3) is 0.536. The van der Waals surface area contributed by atoms with Crippen LogP contribution in [0.4, 0.5) is 26.3 Å². The van der Waals surface area contributed by atoms with E-state index in [-0.39, 0.29) is 49.0 Å². The van der Waals surface area contributed by atoms with Crippen molar-refractivity contribution in [3.8, 4) is 0 Å². The van der Waals surface area contributed by atoms with Gasteiger partial charge in [-0.1, -0.05) is 30.3 Å². The second kappa shape index (κ2) is 11.9. The molecule has 13 heteroatoms. The number of benzene rings is 2. The quantitative estimate of drug-likeness (QED) is 0.387. The van der Waals surface area contributed by atoms with Gasteiger partial charge in [0.15, 0.2) is 0 Å². The number of ether oxygens (including phenoxy) is 1. The van der Waals surface area contributed by atoms with Crippen LogP contribution in [0.5, 0.6) is 0 Å². The van der Waals surface area contributed by atoms with Gasteiger partial charge in [-0.15, -0.1) is 0 Å². The Morgan fingerprint density at radius 2 is 1.46 bits per heavy atom. The van der Waals surface area contributed by atoms with E-state index in [0.717, 1.165) is 11.8 Å². The standard InChI is InChI=1S/C28H32F6N2O4S/c1-18(21-14-22(27(29,30)31)16-23(15-21)28(32,33)34)40-25-10-11-35(17-24(25)19-6-4-3-5-7-19)26(37)20-8-12-36(13-9-20)41(2,38)39/h3-7,14-16,18,20,24-25H,8-13,17H2,1-2H3/t18-,24+,25+/m1/s1. The number of nitrogens with zero attached hydrogens (tertiary/aromatic N) is 2. The highest BCUT2D eigenvalue weighted by Gasteiger charge is 2.40. The summed E-state index contributed by atoms with van der Waals surface area (Å²) in [5.41, 5.74) is -2.22. The Morgan fingerprint density at radius 3 is 1.98 bits per heavy atom. The summed E-state index contributed by atoms with van der Waals surface area (Å²) in [5, 5.41) is 0. The van der Waals surface area contributed by atoms with Gasteiger partial charge in [-0.3, -0.25) is 4.79 Å². The fourth-order valence-electron chi connectivity index (χ4n) is 5.56. The average molecular weight is 607 g/mol. The van der Waals surface area contributed by atoms with Crippen LogP contribution >= 0.6 is 0 Å². The van der Waals surface area contributed by atoms with E-state index in [1.165, 1.54) is 11.2 Å². The van der Waals surface area contributed by atoms with Crippen LogP contribution in [-0.4, -0.2) is 62.1 Å². The minimum Gasteiger partial charge on any atom is -0.370 e. The van der Waals surface area contributed by atoms with Crippen LogP contribution in [-0.2, 0) is 31.9 Å². The summed E-state index contributed by atoms with van der Waals surface area (Å²) < 4.78 is 112. The van der Waals surface area contributed by atoms with Gasteiger partial charge in [-0.25, -0.2) is 12.7 Å². The first-order valence-electron chi connectivity index (χ1n) is 13.3. The van der Waals surface area contributed by atoms with Crippen LogP contribution in [0.25, 0.3) is 0 Å². The summed E-state index contributed by atoms with van der Waals surface area (Å²) in [6.45, 7) is 2.48. The van der Waals surface area contributed by atoms with Crippen LogP contribution in [0.1, 0.15) is 60.5 Å². The predicted octanol–water partition coefficient (Wildman–Crippen LogP) is 5.86. The first-order chi connectivity index (χ1) is 19.0. The molecule has 0 saturated carbocycles.